The van der Waals surface area contributed by atoms with Gasteiger partial charge in [-0.15, -0.1) is 11.3 Å². The van der Waals surface area contributed by atoms with Crippen LogP contribution in [0, 0.1) is 0 Å². The number of hydrogen-bond acceptors (Lipinski definition) is 3. The van der Waals surface area contributed by atoms with Gasteiger partial charge in [-0.25, -0.2) is 4.98 Å². The molecule has 0 fully saturated rings. The lowest BCUT2D eigenvalue weighted by Crippen LogP contribution is -2.03. The summed E-state index contributed by atoms with van der Waals surface area (Å²) in [5, 5.41) is 0.687. The highest BCUT2D eigenvalue weighted by Crippen LogP contribution is 2.35. The van der Waals surface area contributed by atoms with Crippen LogP contribution in [0.15, 0.2) is 42.5 Å². The van der Waals surface area contributed by atoms with Crippen molar-refractivity contribution in [1.82, 2.24) is 4.98 Å². The van der Waals surface area contributed by atoms with Gasteiger partial charge in [-0.1, -0.05) is 0 Å². The van der Waals surface area contributed by atoms with Gasteiger partial charge in [0.2, 0.25) is 0 Å². The first-order chi connectivity index (χ1) is 9.97. The Kier molecular flexibility index (Phi) is 3.33. The SMILES string of the molecule is COc1ccc(-c2nc3cc(C(F)(F)F)ccc3s2)cc1. The van der Waals surface area contributed by atoms with E-state index in [9.17, 15) is 13.2 Å². The van der Waals surface area contributed by atoms with Crippen LogP contribution in [0.3, 0.4) is 0 Å². The minimum atomic E-state index is -4.35. The van der Waals surface area contributed by atoms with Crippen LogP contribution in [0.1, 0.15) is 5.56 Å². The molecule has 1 heterocycles. The molecule has 0 spiro atoms. The van der Waals surface area contributed by atoms with Crippen molar-refractivity contribution in [3.05, 3.63) is 48.0 Å². The zero-order valence-corrected chi connectivity index (χ0v) is 11.8. The maximum absolute atomic E-state index is 12.7. The van der Waals surface area contributed by atoms with Crippen LogP contribution in [0.5, 0.6) is 5.75 Å². The van der Waals surface area contributed by atoms with Crippen LogP contribution in [0.25, 0.3) is 20.8 Å². The number of aromatic nitrogens is 1. The number of hydrogen-bond donors (Lipinski definition) is 0. The molecule has 0 saturated heterocycles. The van der Waals surface area contributed by atoms with Crippen LogP contribution < -0.4 is 4.74 Å². The van der Waals surface area contributed by atoms with Crippen molar-refractivity contribution < 1.29 is 17.9 Å². The van der Waals surface area contributed by atoms with Crippen LogP contribution in [-0.2, 0) is 6.18 Å². The zero-order valence-electron chi connectivity index (χ0n) is 10.9. The topological polar surface area (TPSA) is 22.1 Å². The number of ether oxygens (including phenoxy) is 1. The van der Waals surface area contributed by atoms with Crippen molar-refractivity contribution in [2.45, 2.75) is 6.18 Å². The summed E-state index contributed by atoms with van der Waals surface area (Å²) in [6, 6.07) is 10.9. The Hall–Kier alpha value is -2.08. The van der Waals surface area contributed by atoms with Gasteiger partial charge in [-0.05, 0) is 42.5 Å². The first kappa shape index (κ1) is 13.9. The molecule has 0 radical (unpaired) electrons. The number of thiazole rings is 1. The first-order valence-electron chi connectivity index (χ1n) is 6.09. The van der Waals surface area contributed by atoms with Crippen LogP contribution in [0.4, 0.5) is 13.2 Å². The Morgan fingerprint density at radius 1 is 1.05 bits per heavy atom. The highest BCUT2D eigenvalue weighted by molar-refractivity contribution is 7.21. The number of halogens is 3. The number of methoxy groups -OCH3 is 1. The molecular formula is C15H10F3NOS. The minimum absolute atomic E-state index is 0.362. The normalized spacial score (nSPS) is 11.8. The average Bonchev–Trinajstić information content (AvgIpc) is 2.89. The molecule has 6 heteroatoms. The molecule has 0 atom stereocenters. The molecule has 0 bridgehead atoms. The summed E-state index contributed by atoms with van der Waals surface area (Å²) in [5.74, 6) is 0.721. The molecule has 0 N–H and O–H groups in total. The van der Waals surface area contributed by atoms with Gasteiger partial charge in [0.25, 0.3) is 0 Å². The van der Waals surface area contributed by atoms with Crippen LogP contribution in [0.2, 0.25) is 0 Å². The Balaban J connectivity index is 2.04. The van der Waals surface area contributed by atoms with Crippen molar-refractivity contribution in [1.29, 1.82) is 0 Å². The van der Waals surface area contributed by atoms with Crippen LogP contribution in [-0.4, -0.2) is 12.1 Å². The van der Waals surface area contributed by atoms with E-state index in [0.717, 1.165) is 28.1 Å². The third-order valence-corrected chi connectivity index (χ3v) is 4.14. The summed E-state index contributed by atoms with van der Waals surface area (Å²) in [5.41, 5.74) is 0.535. The van der Waals surface area contributed by atoms with Gasteiger partial charge >= 0.3 is 6.18 Å². The number of rotatable bonds is 2. The Morgan fingerprint density at radius 2 is 1.76 bits per heavy atom. The maximum Gasteiger partial charge on any atom is 0.416 e. The number of benzene rings is 2. The second-order valence-electron chi connectivity index (χ2n) is 4.43. The van der Waals surface area contributed by atoms with E-state index >= 15 is 0 Å². The summed E-state index contributed by atoms with van der Waals surface area (Å²) in [7, 11) is 1.57. The zero-order chi connectivity index (χ0) is 15.0. The largest absolute Gasteiger partial charge is 0.497 e. The maximum atomic E-state index is 12.7. The molecule has 21 heavy (non-hydrogen) atoms. The lowest BCUT2D eigenvalue weighted by Gasteiger charge is -2.04. The number of fused-ring (bicyclic) bond motifs is 1. The van der Waals surface area contributed by atoms with E-state index in [1.165, 1.54) is 17.4 Å². The van der Waals surface area contributed by atoms with Gasteiger partial charge < -0.3 is 4.74 Å². The molecule has 3 rings (SSSR count). The molecule has 108 valence electrons. The third-order valence-electron chi connectivity index (χ3n) is 3.05. The summed E-state index contributed by atoms with van der Waals surface area (Å²) in [4.78, 5) is 4.29. The fourth-order valence-corrected chi connectivity index (χ4v) is 2.91. The second-order valence-corrected chi connectivity index (χ2v) is 5.46. The lowest BCUT2D eigenvalue weighted by atomic mass is 10.2. The molecule has 0 amide bonds. The minimum Gasteiger partial charge on any atom is -0.497 e. The van der Waals surface area contributed by atoms with Crippen molar-refractivity contribution in [3.63, 3.8) is 0 Å². The first-order valence-corrected chi connectivity index (χ1v) is 6.91. The third kappa shape index (κ3) is 2.71. The molecule has 1 aromatic heterocycles. The Morgan fingerprint density at radius 3 is 2.38 bits per heavy atom. The van der Waals surface area contributed by atoms with Crippen molar-refractivity contribution in [2.24, 2.45) is 0 Å². The summed E-state index contributed by atoms with van der Waals surface area (Å²) < 4.78 is 43.9. The van der Waals surface area contributed by atoms with Gasteiger partial charge in [0, 0.05) is 5.56 Å². The summed E-state index contributed by atoms with van der Waals surface area (Å²) in [6.07, 6.45) is -4.35. The molecular weight excluding hydrogens is 299 g/mol. The molecule has 2 aromatic carbocycles. The molecule has 0 aliphatic carbocycles. The Labute approximate surface area is 122 Å². The highest BCUT2D eigenvalue weighted by Gasteiger charge is 2.30. The molecule has 2 nitrogen and oxygen atoms in total. The van der Waals surface area contributed by atoms with Crippen molar-refractivity contribution >= 4 is 21.6 Å². The fourth-order valence-electron chi connectivity index (χ4n) is 1.96. The van der Waals surface area contributed by atoms with E-state index < -0.39 is 11.7 Å². The van der Waals surface area contributed by atoms with Gasteiger partial charge in [0.1, 0.15) is 10.8 Å². The molecule has 0 saturated carbocycles. The average molecular weight is 309 g/mol. The summed E-state index contributed by atoms with van der Waals surface area (Å²) in [6.45, 7) is 0. The monoisotopic (exact) mass is 309 g/mol. The van der Waals surface area contributed by atoms with Gasteiger partial charge in [0.15, 0.2) is 0 Å². The van der Waals surface area contributed by atoms with Crippen LogP contribution >= 0.6 is 11.3 Å². The van der Waals surface area contributed by atoms with E-state index in [0.29, 0.717) is 10.5 Å². The summed E-state index contributed by atoms with van der Waals surface area (Å²) >= 11 is 1.36. The number of nitrogens with zero attached hydrogens (tertiary/aromatic N) is 1. The lowest BCUT2D eigenvalue weighted by molar-refractivity contribution is -0.137. The van der Waals surface area contributed by atoms with E-state index in [1.54, 1.807) is 19.2 Å². The Bertz CT molecular complexity index is 778. The van der Waals surface area contributed by atoms with Gasteiger partial charge in [-0.3, -0.25) is 0 Å². The van der Waals surface area contributed by atoms with E-state index in [4.69, 9.17) is 4.74 Å². The highest BCUT2D eigenvalue weighted by atomic mass is 32.1. The second kappa shape index (κ2) is 5.04. The van der Waals surface area contributed by atoms with Gasteiger partial charge in [-0.2, -0.15) is 13.2 Å². The molecule has 3 aromatic rings. The van der Waals surface area contributed by atoms with E-state index in [2.05, 4.69) is 4.98 Å². The molecule has 0 unspecified atom stereocenters. The van der Waals surface area contributed by atoms with E-state index in [-0.39, 0.29) is 0 Å². The predicted molar refractivity (Wildman–Crippen MR) is 76.6 cm³/mol. The quantitative estimate of drug-likeness (QED) is 0.665. The standard InChI is InChI=1S/C15H10F3NOS/c1-20-11-5-2-9(3-6-11)14-19-12-8-10(15(16,17)18)4-7-13(12)21-14/h2-8H,1H3. The van der Waals surface area contributed by atoms with Crippen molar-refractivity contribution in [3.8, 4) is 16.3 Å². The van der Waals surface area contributed by atoms with Crippen molar-refractivity contribution in [2.75, 3.05) is 7.11 Å². The molecule has 0 aliphatic heterocycles. The number of alkyl halides is 3. The fraction of sp³-hybridized carbons (Fsp3) is 0.133. The van der Waals surface area contributed by atoms with E-state index in [1.807, 2.05) is 12.1 Å². The predicted octanol–water partition coefficient (Wildman–Crippen LogP) is 4.99. The van der Waals surface area contributed by atoms with Gasteiger partial charge in [0.05, 0.1) is 22.9 Å². The smallest absolute Gasteiger partial charge is 0.416 e. The molecule has 0 aliphatic rings.